The number of ether oxygens (including phenoxy) is 1. The van der Waals surface area contributed by atoms with Gasteiger partial charge in [-0.15, -0.1) is 0 Å². The number of ketones is 1. The van der Waals surface area contributed by atoms with Crippen molar-refractivity contribution < 1.29 is 24.0 Å². The second-order valence-corrected chi connectivity index (χ2v) is 6.99. The average Bonchev–Trinajstić information content (AvgIpc) is 2.97. The van der Waals surface area contributed by atoms with Crippen molar-refractivity contribution in [2.45, 2.75) is 6.92 Å². The Labute approximate surface area is 170 Å². The maximum Gasteiger partial charge on any atom is 0.293 e. The number of Topliss-reactive ketones (excluding diaryl/α,β-unsaturated/α-hetero) is 1. The van der Waals surface area contributed by atoms with E-state index < -0.39 is 28.4 Å². The summed E-state index contributed by atoms with van der Waals surface area (Å²) < 4.78 is 5.36. The number of hydrogen-bond acceptors (Lipinski definition) is 7. The fourth-order valence-electron chi connectivity index (χ4n) is 2.62. The van der Waals surface area contributed by atoms with E-state index in [4.69, 9.17) is 4.74 Å². The minimum absolute atomic E-state index is 0.147. The van der Waals surface area contributed by atoms with Gasteiger partial charge in [0.15, 0.2) is 5.78 Å². The molecule has 0 N–H and O–H groups in total. The first-order valence-electron chi connectivity index (χ1n) is 8.65. The lowest BCUT2D eigenvalue weighted by molar-refractivity contribution is -0.384. The Bertz CT molecular complexity index is 999. The first-order valence-corrected chi connectivity index (χ1v) is 9.46. The number of imide groups is 1. The molecule has 3 rings (SSSR count). The number of carbonyl (C=O) groups excluding carboxylic acids is 3. The summed E-state index contributed by atoms with van der Waals surface area (Å²) in [4.78, 5) is 48.3. The van der Waals surface area contributed by atoms with Crippen LogP contribution in [0.3, 0.4) is 0 Å². The summed E-state index contributed by atoms with van der Waals surface area (Å²) in [5.74, 6) is -0.333. The Balaban J connectivity index is 1.71. The van der Waals surface area contributed by atoms with Crippen LogP contribution >= 0.6 is 11.8 Å². The minimum atomic E-state index is -0.573. The van der Waals surface area contributed by atoms with Gasteiger partial charge in [-0.1, -0.05) is 12.1 Å². The van der Waals surface area contributed by atoms with Gasteiger partial charge in [-0.05, 0) is 54.6 Å². The standard InChI is InChI=1S/C20H16N2O6S/c1-2-28-16-9-3-13(4-10-16)11-18-19(24)21(20(25)29-18)12-17(23)14-5-7-15(8-6-14)22(26)27/h3-11H,2,12H2,1H3/b18-11+. The normalized spacial score (nSPS) is 15.1. The van der Waals surface area contributed by atoms with Crippen LogP contribution in [0.15, 0.2) is 53.4 Å². The number of thioether (sulfide) groups is 1. The number of non-ortho nitro benzene ring substituents is 1. The molecule has 1 aliphatic heterocycles. The molecule has 1 heterocycles. The molecule has 1 saturated heterocycles. The zero-order chi connectivity index (χ0) is 21.0. The van der Waals surface area contributed by atoms with E-state index in [0.717, 1.165) is 22.2 Å². The van der Waals surface area contributed by atoms with Crippen molar-refractivity contribution in [3.05, 3.63) is 74.7 Å². The van der Waals surface area contributed by atoms with Crippen LogP contribution in [-0.4, -0.2) is 39.9 Å². The molecule has 0 spiro atoms. The molecule has 0 unspecified atom stereocenters. The molecule has 8 nitrogen and oxygen atoms in total. The van der Waals surface area contributed by atoms with Crippen LogP contribution in [0, 0.1) is 10.1 Å². The molecule has 148 valence electrons. The van der Waals surface area contributed by atoms with E-state index in [9.17, 15) is 24.5 Å². The van der Waals surface area contributed by atoms with Gasteiger partial charge in [0.05, 0.1) is 23.0 Å². The predicted molar refractivity (Wildman–Crippen MR) is 108 cm³/mol. The van der Waals surface area contributed by atoms with E-state index in [1.54, 1.807) is 30.3 Å². The minimum Gasteiger partial charge on any atom is -0.494 e. The molecule has 0 bridgehead atoms. The summed E-state index contributed by atoms with van der Waals surface area (Å²) >= 11 is 0.760. The highest BCUT2D eigenvalue weighted by molar-refractivity contribution is 8.18. The Morgan fingerprint density at radius 1 is 1.14 bits per heavy atom. The third-order valence-electron chi connectivity index (χ3n) is 4.06. The summed E-state index contributed by atoms with van der Waals surface area (Å²) in [5.41, 5.74) is 0.761. The maximum absolute atomic E-state index is 12.5. The molecule has 1 fully saturated rings. The lowest BCUT2D eigenvalue weighted by Crippen LogP contribution is -2.33. The highest BCUT2D eigenvalue weighted by Gasteiger charge is 2.36. The van der Waals surface area contributed by atoms with Crippen LogP contribution in [0.25, 0.3) is 6.08 Å². The summed E-state index contributed by atoms with van der Waals surface area (Å²) in [6, 6.07) is 12.1. The fraction of sp³-hybridized carbons (Fsp3) is 0.150. The quantitative estimate of drug-likeness (QED) is 0.294. The van der Waals surface area contributed by atoms with Crippen LogP contribution in [0.4, 0.5) is 10.5 Å². The second kappa shape index (κ2) is 8.70. The van der Waals surface area contributed by atoms with E-state index in [0.29, 0.717) is 12.4 Å². The monoisotopic (exact) mass is 412 g/mol. The van der Waals surface area contributed by atoms with Crippen LogP contribution in [-0.2, 0) is 4.79 Å². The molecule has 2 aromatic rings. The highest BCUT2D eigenvalue weighted by atomic mass is 32.2. The average molecular weight is 412 g/mol. The number of nitro groups is 1. The van der Waals surface area contributed by atoms with Crippen molar-refractivity contribution in [3.8, 4) is 5.75 Å². The summed E-state index contributed by atoms with van der Waals surface area (Å²) in [6.07, 6.45) is 1.58. The number of nitrogens with zero attached hydrogens (tertiary/aromatic N) is 2. The molecule has 29 heavy (non-hydrogen) atoms. The van der Waals surface area contributed by atoms with Gasteiger partial charge in [0, 0.05) is 17.7 Å². The largest absolute Gasteiger partial charge is 0.494 e. The van der Waals surface area contributed by atoms with Crippen LogP contribution in [0.5, 0.6) is 5.75 Å². The number of carbonyl (C=O) groups is 3. The van der Waals surface area contributed by atoms with Gasteiger partial charge in [-0.25, -0.2) is 0 Å². The van der Waals surface area contributed by atoms with Gasteiger partial charge in [0.1, 0.15) is 5.75 Å². The van der Waals surface area contributed by atoms with Gasteiger partial charge < -0.3 is 4.74 Å². The van der Waals surface area contributed by atoms with Crippen molar-refractivity contribution in [2.75, 3.05) is 13.2 Å². The lowest BCUT2D eigenvalue weighted by Gasteiger charge is -2.11. The van der Waals surface area contributed by atoms with Crippen molar-refractivity contribution in [1.29, 1.82) is 0 Å². The van der Waals surface area contributed by atoms with Crippen molar-refractivity contribution in [2.24, 2.45) is 0 Å². The first-order chi connectivity index (χ1) is 13.9. The zero-order valence-electron chi connectivity index (χ0n) is 15.4. The van der Waals surface area contributed by atoms with E-state index >= 15 is 0 Å². The molecule has 0 aromatic heterocycles. The van der Waals surface area contributed by atoms with Crippen molar-refractivity contribution in [3.63, 3.8) is 0 Å². The summed E-state index contributed by atoms with van der Waals surface area (Å²) in [5, 5.41) is 10.2. The number of nitro benzene ring substituents is 1. The maximum atomic E-state index is 12.5. The van der Waals surface area contributed by atoms with Crippen LogP contribution < -0.4 is 4.74 Å². The van der Waals surface area contributed by atoms with Gasteiger partial charge in [0.2, 0.25) is 0 Å². The Kier molecular flexibility index (Phi) is 6.08. The van der Waals surface area contributed by atoms with Crippen LogP contribution in [0.1, 0.15) is 22.8 Å². The van der Waals surface area contributed by atoms with Crippen LogP contribution in [0.2, 0.25) is 0 Å². The van der Waals surface area contributed by atoms with Crippen molar-refractivity contribution in [1.82, 2.24) is 4.90 Å². The van der Waals surface area contributed by atoms with Crippen molar-refractivity contribution >= 4 is 40.5 Å². The Morgan fingerprint density at radius 2 is 1.79 bits per heavy atom. The molecule has 2 aromatic carbocycles. The molecule has 0 radical (unpaired) electrons. The van der Waals surface area contributed by atoms with Gasteiger partial charge in [-0.2, -0.15) is 0 Å². The van der Waals surface area contributed by atoms with E-state index in [-0.39, 0.29) is 16.2 Å². The van der Waals surface area contributed by atoms with Gasteiger partial charge >= 0.3 is 0 Å². The third kappa shape index (κ3) is 4.69. The molecule has 9 heteroatoms. The highest BCUT2D eigenvalue weighted by Crippen LogP contribution is 2.32. The Morgan fingerprint density at radius 3 is 2.38 bits per heavy atom. The summed E-state index contributed by atoms with van der Waals surface area (Å²) in [7, 11) is 0. The van der Waals surface area contributed by atoms with E-state index in [1.165, 1.54) is 24.3 Å². The predicted octanol–water partition coefficient (Wildman–Crippen LogP) is 3.91. The van der Waals surface area contributed by atoms with E-state index in [1.807, 2.05) is 6.92 Å². The van der Waals surface area contributed by atoms with E-state index in [2.05, 4.69) is 0 Å². The number of amides is 2. The SMILES string of the molecule is CCOc1ccc(/C=C2/SC(=O)N(CC(=O)c3ccc([N+](=O)[O-])cc3)C2=O)cc1. The summed E-state index contributed by atoms with van der Waals surface area (Å²) in [6.45, 7) is 1.99. The lowest BCUT2D eigenvalue weighted by atomic mass is 10.1. The molecular formula is C20H16N2O6S. The topological polar surface area (TPSA) is 107 Å². The number of rotatable bonds is 7. The fourth-order valence-corrected chi connectivity index (χ4v) is 3.46. The number of benzene rings is 2. The van der Waals surface area contributed by atoms with Gasteiger partial charge in [0.25, 0.3) is 16.8 Å². The first kappa shape index (κ1) is 20.3. The molecule has 2 amide bonds. The zero-order valence-corrected chi connectivity index (χ0v) is 16.2. The smallest absolute Gasteiger partial charge is 0.293 e. The molecule has 0 aliphatic carbocycles. The Hall–Kier alpha value is -3.46. The molecule has 1 aliphatic rings. The molecule has 0 atom stereocenters. The second-order valence-electron chi connectivity index (χ2n) is 6.00. The number of hydrogen-bond donors (Lipinski definition) is 0. The third-order valence-corrected chi connectivity index (χ3v) is 4.97. The van der Waals surface area contributed by atoms with Gasteiger partial charge in [-0.3, -0.25) is 29.4 Å². The molecule has 0 saturated carbocycles. The molecular weight excluding hydrogens is 396 g/mol.